The van der Waals surface area contributed by atoms with E-state index in [9.17, 15) is 4.79 Å². The number of amides is 1. The summed E-state index contributed by atoms with van der Waals surface area (Å²) in [7, 11) is 1.56. The monoisotopic (exact) mass is 374 g/mol. The van der Waals surface area contributed by atoms with Gasteiger partial charge in [0, 0.05) is 10.9 Å². The number of hydrogen-bond donors (Lipinski definition) is 2. The molecule has 0 radical (unpaired) electrons. The summed E-state index contributed by atoms with van der Waals surface area (Å²) in [6.07, 6.45) is 4.13. The van der Waals surface area contributed by atoms with Crippen molar-refractivity contribution in [2.45, 2.75) is 25.7 Å². The maximum absolute atomic E-state index is 12.5. The fraction of sp³-hybridized carbons (Fsp3) is 0.533. The number of carbonyl (C=O) groups is 1. The number of hydrogen-bond acceptors (Lipinski definition) is 3. The first kappa shape index (κ1) is 16.6. The van der Waals surface area contributed by atoms with Gasteiger partial charge in [-0.15, -0.1) is 0 Å². The highest BCUT2D eigenvalue weighted by Crippen LogP contribution is 2.37. The Bertz CT molecular complexity index is 525. The van der Waals surface area contributed by atoms with Gasteiger partial charge in [0.2, 0.25) is 5.91 Å². The summed E-state index contributed by atoms with van der Waals surface area (Å²) in [6.45, 7) is 0.550. The first-order chi connectivity index (χ1) is 10.1. The molecule has 1 aromatic carbocycles. The second-order valence-electron chi connectivity index (χ2n) is 5.34. The zero-order chi connectivity index (χ0) is 15.4. The fourth-order valence-electron chi connectivity index (χ4n) is 2.92. The molecule has 1 fully saturated rings. The Hall–Kier alpha value is -0.780. The average Bonchev–Trinajstić information content (AvgIpc) is 2.46. The van der Waals surface area contributed by atoms with E-state index in [-0.39, 0.29) is 17.7 Å². The van der Waals surface area contributed by atoms with E-state index >= 15 is 0 Å². The van der Waals surface area contributed by atoms with E-state index in [1.807, 2.05) is 0 Å². The number of benzene rings is 1. The maximum Gasteiger partial charge on any atom is 0.227 e. The first-order valence-corrected chi connectivity index (χ1v) is 8.28. The van der Waals surface area contributed by atoms with Crippen LogP contribution >= 0.6 is 27.5 Å². The van der Waals surface area contributed by atoms with E-state index < -0.39 is 0 Å². The summed E-state index contributed by atoms with van der Waals surface area (Å²) in [5, 5.41) is 3.48. The summed E-state index contributed by atoms with van der Waals surface area (Å²) < 4.78 is 6.04. The normalized spacial score (nSPS) is 21.9. The highest BCUT2D eigenvalue weighted by atomic mass is 79.9. The first-order valence-electron chi connectivity index (χ1n) is 7.10. The zero-order valence-corrected chi connectivity index (χ0v) is 14.3. The van der Waals surface area contributed by atoms with Crippen molar-refractivity contribution in [2.75, 3.05) is 19.0 Å². The molecule has 1 aliphatic rings. The van der Waals surface area contributed by atoms with E-state index in [0.717, 1.165) is 25.7 Å². The molecule has 21 heavy (non-hydrogen) atoms. The van der Waals surface area contributed by atoms with Gasteiger partial charge in [0.05, 0.1) is 17.3 Å². The quantitative estimate of drug-likeness (QED) is 0.841. The second-order valence-corrected chi connectivity index (χ2v) is 6.64. The molecule has 1 aliphatic carbocycles. The smallest absolute Gasteiger partial charge is 0.227 e. The maximum atomic E-state index is 12.5. The van der Waals surface area contributed by atoms with Crippen molar-refractivity contribution < 1.29 is 9.53 Å². The molecule has 116 valence electrons. The lowest BCUT2D eigenvalue weighted by Crippen LogP contribution is -2.35. The molecule has 2 rings (SSSR count). The van der Waals surface area contributed by atoms with Crippen LogP contribution in [0.5, 0.6) is 5.75 Å². The average molecular weight is 376 g/mol. The molecule has 0 spiro atoms. The molecule has 2 atom stereocenters. The molecule has 0 heterocycles. The van der Waals surface area contributed by atoms with E-state index in [1.165, 1.54) is 0 Å². The standard InChI is InChI=1S/C15H20BrClN2O2/c1-21-14-12(16)6-10(17)7-13(14)19-15(20)11-5-3-2-4-9(11)8-18/h6-7,9,11H,2-5,8,18H2,1H3,(H,19,20). The van der Waals surface area contributed by atoms with E-state index in [1.54, 1.807) is 19.2 Å². The molecule has 0 saturated heterocycles. The number of halogens is 2. The number of rotatable bonds is 4. The summed E-state index contributed by atoms with van der Waals surface area (Å²) in [4.78, 5) is 12.5. The van der Waals surface area contributed by atoms with Gasteiger partial charge < -0.3 is 15.8 Å². The van der Waals surface area contributed by atoms with Crippen LogP contribution in [0.1, 0.15) is 25.7 Å². The van der Waals surface area contributed by atoms with Crippen LogP contribution in [-0.2, 0) is 4.79 Å². The molecule has 1 saturated carbocycles. The third-order valence-electron chi connectivity index (χ3n) is 4.02. The number of anilines is 1. The van der Waals surface area contributed by atoms with Gasteiger partial charge in [0.1, 0.15) is 0 Å². The number of carbonyl (C=O) groups excluding carboxylic acids is 1. The molecule has 6 heteroatoms. The van der Waals surface area contributed by atoms with Gasteiger partial charge in [-0.1, -0.05) is 24.4 Å². The highest BCUT2D eigenvalue weighted by molar-refractivity contribution is 9.10. The van der Waals surface area contributed by atoms with Crippen molar-refractivity contribution in [3.05, 3.63) is 21.6 Å². The Kier molecular flexibility index (Phi) is 5.90. The highest BCUT2D eigenvalue weighted by Gasteiger charge is 2.30. The van der Waals surface area contributed by atoms with E-state index in [4.69, 9.17) is 22.1 Å². The van der Waals surface area contributed by atoms with Gasteiger partial charge in [-0.05, 0) is 53.4 Å². The second kappa shape index (κ2) is 7.47. The van der Waals surface area contributed by atoms with Gasteiger partial charge in [-0.3, -0.25) is 4.79 Å². The summed E-state index contributed by atoms with van der Waals surface area (Å²) in [5.41, 5.74) is 6.38. The van der Waals surface area contributed by atoms with Crippen molar-refractivity contribution in [3.8, 4) is 5.75 Å². The molecule has 0 aromatic heterocycles. The Labute approximate surface area is 138 Å². The van der Waals surface area contributed by atoms with Crippen molar-refractivity contribution in [2.24, 2.45) is 17.6 Å². The molecule has 0 aliphatic heterocycles. The minimum atomic E-state index is -0.0359. The predicted molar refractivity (Wildman–Crippen MR) is 88.8 cm³/mol. The van der Waals surface area contributed by atoms with Crippen LogP contribution in [0.2, 0.25) is 5.02 Å². The van der Waals surface area contributed by atoms with Crippen molar-refractivity contribution in [3.63, 3.8) is 0 Å². The van der Waals surface area contributed by atoms with Crippen LogP contribution < -0.4 is 15.8 Å². The molecule has 0 bridgehead atoms. The minimum absolute atomic E-state index is 0.00221. The van der Waals surface area contributed by atoms with Gasteiger partial charge in [-0.2, -0.15) is 0 Å². The number of methoxy groups -OCH3 is 1. The van der Waals surface area contributed by atoms with Crippen LogP contribution in [0.4, 0.5) is 5.69 Å². The van der Waals surface area contributed by atoms with Gasteiger partial charge in [0.25, 0.3) is 0 Å². The van der Waals surface area contributed by atoms with E-state index in [0.29, 0.717) is 27.5 Å². The number of nitrogens with one attached hydrogen (secondary N) is 1. The van der Waals surface area contributed by atoms with Gasteiger partial charge in [0.15, 0.2) is 5.75 Å². The molecular formula is C15H20BrClN2O2. The molecule has 1 aromatic rings. The molecular weight excluding hydrogens is 356 g/mol. The molecule has 4 nitrogen and oxygen atoms in total. The lowest BCUT2D eigenvalue weighted by atomic mass is 9.78. The SMILES string of the molecule is COc1c(Br)cc(Cl)cc1NC(=O)C1CCCCC1CN. The van der Waals surface area contributed by atoms with Crippen LogP contribution in [0, 0.1) is 11.8 Å². The topological polar surface area (TPSA) is 64.3 Å². The third-order valence-corrected chi connectivity index (χ3v) is 4.83. The Morgan fingerprint density at radius 3 is 2.86 bits per heavy atom. The molecule has 3 N–H and O–H groups in total. The minimum Gasteiger partial charge on any atom is -0.493 e. The van der Waals surface area contributed by atoms with Crippen LogP contribution in [0.3, 0.4) is 0 Å². The Morgan fingerprint density at radius 2 is 2.19 bits per heavy atom. The predicted octanol–water partition coefficient (Wildman–Crippen LogP) is 3.81. The molecule has 2 unspecified atom stereocenters. The Balaban J connectivity index is 2.19. The summed E-state index contributed by atoms with van der Waals surface area (Å²) >= 11 is 9.44. The van der Waals surface area contributed by atoms with Crippen molar-refractivity contribution in [1.82, 2.24) is 0 Å². The van der Waals surface area contributed by atoms with Gasteiger partial charge >= 0.3 is 0 Å². The number of nitrogens with two attached hydrogens (primary N) is 1. The fourth-order valence-corrected chi connectivity index (χ4v) is 3.89. The largest absolute Gasteiger partial charge is 0.493 e. The van der Waals surface area contributed by atoms with Crippen LogP contribution in [0.25, 0.3) is 0 Å². The molecule has 1 amide bonds. The van der Waals surface area contributed by atoms with E-state index in [2.05, 4.69) is 21.2 Å². The third kappa shape index (κ3) is 3.90. The summed E-state index contributed by atoms with van der Waals surface area (Å²) in [5.74, 6) is 0.795. The zero-order valence-electron chi connectivity index (χ0n) is 12.0. The van der Waals surface area contributed by atoms with Crippen LogP contribution in [-0.4, -0.2) is 19.6 Å². The lowest BCUT2D eigenvalue weighted by molar-refractivity contribution is -0.122. The van der Waals surface area contributed by atoms with Crippen molar-refractivity contribution in [1.29, 1.82) is 0 Å². The van der Waals surface area contributed by atoms with Gasteiger partial charge in [-0.25, -0.2) is 0 Å². The van der Waals surface area contributed by atoms with Crippen molar-refractivity contribution >= 4 is 39.1 Å². The Morgan fingerprint density at radius 1 is 1.48 bits per heavy atom. The number of ether oxygens (including phenoxy) is 1. The lowest BCUT2D eigenvalue weighted by Gasteiger charge is -2.29. The van der Waals surface area contributed by atoms with Crippen LogP contribution in [0.15, 0.2) is 16.6 Å². The summed E-state index contributed by atoms with van der Waals surface area (Å²) in [6, 6.07) is 3.43.